The van der Waals surface area contributed by atoms with Gasteiger partial charge in [0.25, 0.3) is 0 Å². The Morgan fingerprint density at radius 2 is 2.38 bits per heavy atom. The average Bonchev–Trinajstić information content (AvgIpc) is 1.67. The van der Waals surface area contributed by atoms with Gasteiger partial charge in [0.2, 0.25) is 0 Å². The summed E-state index contributed by atoms with van der Waals surface area (Å²) in [5.41, 5.74) is 0. The van der Waals surface area contributed by atoms with Gasteiger partial charge in [-0.15, -0.1) is 6.58 Å². The minimum Gasteiger partial charge on any atom is -0.479 e. The maximum atomic E-state index is 9.79. The zero-order valence-corrected chi connectivity index (χ0v) is 4.37. The molecule has 3 nitrogen and oxygen atoms in total. The predicted octanol–water partition coefficient (Wildman–Crippen LogP) is 0.00800. The van der Waals surface area contributed by atoms with Gasteiger partial charge in [0, 0.05) is 6.42 Å². The minimum atomic E-state index is -1.28. The maximum Gasteiger partial charge on any atom is 0.332 e. The lowest BCUT2D eigenvalue weighted by Crippen LogP contribution is -2.17. The first-order valence-corrected chi connectivity index (χ1v) is 2.20. The zero-order chi connectivity index (χ0) is 6.57. The molecule has 0 saturated carbocycles. The van der Waals surface area contributed by atoms with Crippen LogP contribution in [0.15, 0.2) is 12.7 Å². The van der Waals surface area contributed by atoms with Crippen molar-refractivity contribution >= 4 is 5.97 Å². The third-order valence-corrected chi connectivity index (χ3v) is 0.675. The second-order valence-corrected chi connectivity index (χ2v) is 1.38. The number of carbonyl (C=O) groups is 1. The first kappa shape index (κ1) is 7.17. The lowest BCUT2D eigenvalue weighted by molar-refractivity contribution is -0.146. The Balaban J connectivity index is 3.46. The average molecular weight is 116 g/mol. The number of hydrogen-bond donors (Lipinski definition) is 2. The lowest BCUT2D eigenvalue weighted by atomic mass is 10.3. The fourth-order valence-corrected chi connectivity index (χ4v) is 0.259. The molecule has 0 aromatic heterocycles. The van der Waals surface area contributed by atoms with Crippen LogP contribution in [0.1, 0.15) is 6.42 Å². The van der Waals surface area contributed by atoms with Gasteiger partial charge in [-0.25, -0.2) is 4.79 Å². The van der Waals surface area contributed by atoms with Crippen LogP contribution < -0.4 is 0 Å². The van der Waals surface area contributed by atoms with Crippen molar-refractivity contribution < 1.29 is 15.0 Å². The van der Waals surface area contributed by atoms with Gasteiger partial charge >= 0.3 is 5.97 Å². The normalized spacial score (nSPS) is 12.6. The van der Waals surface area contributed by atoms with Crippen LogP contribution in [0.3, 0.4) is 0 Å². The summed E-state index contributed by atoms with van der Waals surface area (Å²) in [6.07, 6.45) is 0.182. The molecule has 0 amide bonds. The van der Waals surface area contributed by atoms with Crippen LogP contribution in [-0.4, -0.2) is 22.3 Å². The number of hydrogen-bond acceptors (Lipinski definition) is 2. The van der Waals surface area contributed by atoms with E-state index in [2.05, 4.69) is 6.58 Å². The van der Waals surface area contributed by atoms with Crippen LogP contribution in [0.2, 0.25) is 0 Å². The fourth-order valence-electron chi connectivity index (χ4n) is 0.259. The highest BCUT2D eigenvalue weighted by Gasteiger charge is 2.08. The standard InChI is InChI=1S/C5H8O3/c1-2-3-4(6)5(7)8/h2,4,6H,1,3H2,(H,7,8)/t4-/m0/s1. The maximum absolute atomic E-state index is 9.79. The predicted molar refractivity (Wildman–Crippen MR) is 28.5 cm³/mol. The van der Waals surface area contributed by atoms with Gasteiger partial charge in [0.1, 0.15) is 0 Å². The second-order valence-electron chi connectivity index (χ2n) is 1.38. The number of carboxylic acid groups (broad SMARTS) is 1. The molecular formula is C5H8O3. The van der Waals surface area contributed by atoms with E-state index in [0.717, 1.165) is 0 Å². The number of aliphatic carboxylic acids is 1. The zero-order valence-electron chi connectivity index (χ0n) is 4.37. The SMILES string of the molecule is C=CC[C@H](O)C(=O)O. The molecule has 0 rings (SSSR count). The highest BCUT2D eigenvalue weighted by molar-refractivity contribution is 5.72. The van der Waals surface area contributed by atoms with E-state index < -0.39 is 12.1 Å². The van der Waals surface area contributed by atoms with Gasteiger partial charge in [0.05, 0.1) is 0 Å². The van der Waals surface area contributed by atoms with E-state index in [1.165, 1.54) is 6.08 Å². The Labute approximate surface area is 47.3 Å². The molecule has 0 radical (unpaired) electrons. The molecular weight excluding hydrogens is 108 g/mol. The topological polar surface area (TPSA) is 57.5 Å². The number of rotatable bonds is 3. The Kier molecular flexibility index (Phi) is 2.88. The highest BCUT2D eigenvalue weighted by atomic mass is 16.4. The van der Waals surface area contributed by atoms with Crippen LogP contribution >= 0.6 is 0 Å². The monoisotopic (exact) mass is 116 g/mol. The molecule has 2 N–H and O–H groups in total. The summed E-state index contributed by atoms with van der Waals surface area (Å²) in [6, 6.07) is 0. The number of aliphatic hydroxyl groups excluding tert-OH is 1. The van der Waals surface area contributed by atoms with E-state index in [4.69, 9.17) is 10.2 Å². The van der Waals surface area contributed by atoms with Gasteiger partial charge in [-0.3, -0.25) is 0 Å². The van der Waals surface area contributed by atoms with Gasteiger partial charge in [0.15, 0.2) is 6.10 Å². The Hall–Kier alpha value is -0.830. The Bertz CT molecular complexity index is 97.8. The molecule has 8 heavy (non-hydrogen) atoms. The van der Waals surface area contributed by atoms with E-state index in [1.54, 1.807) is 0 Å². The van der Waals surface area contributed by atoms with Crippen molar-refractivity contribution in [2.24, 2.45) is 0 Å². The van der Waals surface area contributed by atoms with Crippen LogP contribution in [0.5, 0.6) is 0 Å². The molecule has 1 atom stereocenters. The molecule has 0 saturated heterocycles. The van der Waals surface area contributed by atoms with Crippen molar-refractivity contribution in [1.29, 1.82) is 0 Å². The van der Waals surface area contributed by atoms with Gasteiger partial charge in [-0.05, 0) is 0 Å². The molecule has 0 aliphatic heterocycles. The van der Waals surface area contributed by atoms with Crippen LogP contribution in [-0.2, 0) is 4.79 Å². The van der Waals surface area contributed by atoms with Crippen LogP contribution in [0.4, 0.5) is 0 Å². The lowest BCUT2D eigenvalue weighted by Gasteiger charge is -1.97. The molecule has 46 valence electrons. The van der Waals surface area contributed by atoms with E-state index in [9.17, 15) is 4.79 Å². The fraction of sp³-hybridized carbons (Fsp3) is 0.400. The number of carboxylic acids is 1. The van der Waals surface area contributed by atoms with Gasteiger partial charge < -0.3 is 10.2 Å². The third-order valence-electron chi connectivity index (χ3n) is 0.675. The summed E-state index contributed by atoms with van der Waals surface area (Å²) < 4.78 is 0. The van der Waals surface area contributed by atoms with E-state index in [1.807, 2.05) is 0 Å². The van der Waals surface area contributed by atoms with Crippen molar-refractivity contribution in [3.63, 3.8) is 0 Å². The molecule has 0 fully saturated rings. The third kappa shape index (κ3) is 2.36. The molecule has 0 aliphatic rings. The molecule has 0 heterocycles. The molecule has 0 aromatic carbocycles. The molecule has 0 spiro atoms. The summed E-state index contributed by atoms with van der Waals surface area (Å²) in [5, 5.41) is 16.5. The van der Waals surface area contributed by atoms with Crippen molar-refractivity contribution in [3.05, 3.63) is 12.7 Å². The Morgan fingerprint density at radius 3 is 2.50 bits per heavy atom. The summed E-state index contributed by atoms with van der Waals surface area (Å²) in [5.74, 6) is -1.20. The van der Waals surface area contributed by atoms with Crippen LogP contribution in [0, 0.1) is 0 Å². The van der Waals surface area contributed by atoms with Crippen molar-refractivity contribution in [2.75, 3.05) is 0 Å². The highest BCUT2D eigenvalue weighted by Crippen LogP contribution is 1.89. The molecule has 3 heteroatoms. The van der Waals surface area contributed by atoms with Crippen molar-refractivity contribution in [2.45, 2.75) is 12.5 Å². The first-order valence-electron chi connectivity index (χ1n) is 2.20. The summed E-state index contributed by atoms with van der Waals surface area (Å²) in [7, 11) is 0. The summed E-state index contributed by atoms with van der Waals surface area (Å²) in [4.78, 5) is 9.79. The quantitative estimate of drug-likeness (QED) is 0.510. The van der Waals surface area contributed by atoms with E-state index >= 15 is 0 Å². The van der Waals surface area contributed by atoms with Gasteiger partial charge in [-0.2, -0.15) is 0 Å². The number of aliphatic hydroxyl groups is 1. The van der Waals surface area contributed by atoms with Crippen molar-refractivity contribution in [1.82, 2.24) is 0 Å². The second kappa shape index (κ2) is 3.21. The molecule has 0 aliphatic carbocycles. The summed E-state index contributed by atoms with van der Waals surface area (Å²) >= 11 is 0. The smallest absolute Gasteiger partial charge is 0.332 e. The van der Waals surface area contributed by atoms with E-state index in [0.29, 0.717) is 0 Å². The Morgan fingerprint density at radius 1 is 1.88 bits per heavy atom. The van der Waals surface area contributed by atoms with Gasteiger partial charge in [-0.1, -0.05) is 6.08 Å². The molecule has 0 unspecified atom stereocenters. The largest absolute Gasteiger partial charge is 0.479 e. The first-order chi connectivity index (χ1) is 3.68. The summed E-state index contributed by atoms with van der Waals surface area (Å²) in [6.45, 7) is 3.26. The molecule has 0 bridgehead atoms. The van der Waals surface area contributed by atoms with Crippen LogP contribution in [0.25, 0.3) is 0 Å². The van der Waals surface area contributed by atoms with Crippen molar-refractivity contribution in [3.8, 4) is 0 Å². The van der Waals surface area contributed by atoms with E-state index in [-0.39, 0.29) is 6.42 Å². The minimum absolute atomic E-state index is 0.106. The molecule has 0 aromatic rings.